The van der Waals surface area contributed by atoms with Crippen LogP contribution in [0.1, 0.15) is 11.1 Å². The van der Waals surface area contributed by atoms with Gasteiger partial charge in [0.25, 0.3) is 0 Å². The summed E-state index contributed by atoms with van der Waals surface area (Å²) in [6.45, 7) is 1.13. The molecule has 2 aromatic rings. The summed E-state index contributed by atoms with van der Waals surface area (Å²) in [5.74, 6) is -0.194. The van der Waals surface area contributed by atoms with E-state index in [2.05, 4.69) is 4.98 Å². The van der Waals surface area contributed by atoms with Crippen molar-refractivity contribution < 1.29 is 4.39 Å². The summed E-state index contributed by atoms with van der Waals surface area (Å²) in [6.07, 6.45) is 4.10. The monoisotopic (exact) mass is 259 g/mol. The molecule has 19 heavy (non-hydrogen) atoms. The Labute approximate surface area is 112 Å². The molecule has 0 bridgehead atoms. The van der Waals surface area contributed by atoms with E-state index in [1.807, 2.05) is 36.3 Å². The lowest BCUT2D eigenvalue weighted by atomic mass is 10.1. The van der Waals surface area contributed by atoms with E-state index in [-0.39, 0.29) is 5.82 Å². The highest BCUT2D eigenvalue weighted by Gasteiger charge is 2.11. The number of hydrogen-bond donors (Lipinski definition) is 1. The van der Waals surface area contributed by atoms with Gasteiger partial charge < -0.3 is 10.6 Å². The van der Waals surface area contributed by atoms with Crippen LogP contribution in [-0.2, 0) is 13.0 Å². The second kappa shape index (κ2) is 6.29. The molecule has 0 radical (unpaired) electrons. The summed E-state index contributed by atoms with van der Waals surface area (Å²) >= 11 is 0. The van der Waals surface area contributed by atoms with Crippen LogP contribution >= 0.6 is 0 Å². The first kappa shape index (κ1) is 13.5. The summed E-state index contributed by atoms with van der Waals surface area (Å²) in [4.78, 5) is 6.11. The number of rotatable bonds is 5. The number of halogens is 1. The predicted octanol–water partition coefficient (Wildman–Crippen LogP) is 2.36. The van der Waals surface area contributed by atoms with Gasteiger partial charge in [0.1, 0.15) is 5.82 Å². The van der Waals surface area contributed by atoms with Crippen molar-refractivity contribution in [1.29, 1.82) is 0 Å². The van der Waals surface area contributed by atoms with Gasteiger partial charge in [-0.15, -0.1) is 0 Å². The van der Waals surface area contributed by atoms with Gasteiger partial charge >= 0.3 is 0 Å². The molecule has 4 heteroatoms. The lowest BCUT2D eigenvalue weighted by Gasteiger charge is -2.22. The average molecular weight is 259 g/mol. The molecule has 100 valence electrons. The molecule has 1 heterocycles. The number of pyridine rings is 1. The molecule has 0 spiro atoms. The van der Waals surface area contributed by atoms with Gasteiger partial charge in [0.15, 0.2) is 0 Å². The van der Waals surface area contributed by atoms with Gasteiger partial charge in [0.05, 0.1) is 0 Å². The molecule has 1 aromatic heterocycles. The van der Waals surface area contributed by atoms with Crippen LogP contribution in [0.15, 0.2) is 42.7 Å². The normalized spacial score (nSPS) is 10.5. The van der Waals surface area contributed by atoms with E-state index < -0.39 is 0 Å². The Hall–Kier alpha value is -1.94. The molecular formula is C15H18FN3. The number of nitrogens with zero attached hydrogens (tertiary/aromatic N) is 2. The van der Waals surface area contributed by atoms with Crippen LogP contribution in [0.5, 0.6) is 0 Å². The molecule has 0 aliphatic rings. The van der Waals surface area contributed by atoms with Crippen molar-refractivity contribution in [3.05, 3.63) is 59.7 Å². The fraction of sp³-hybridized carbons (Fsp3) is 0.267. The highest BCUT2D eigenvalue weighted by molar-refractivity contribution is 5.54. The van der Waals surface area contributed by atoms with Crippen LogP contribution in [0.3, 0.4) is 0 Å². The first-order valence-electron chi connectivity index (χ1n) is 6.30. The van der Waals surface area contributed by atoms with Gasteiger partial charge in [-0.2, -0.15) is 0 Å². The molecule has 0 saturated carbocycles. The van der Waals surface area contributed by atoms with Gasteiger partial charge in [-0.25, -0.2) is 4.39 Å². The second-order valence-corrected chi connectivity index (χ2v) is 4.49. The van der Waals surface area contributed by atoms with Gasteiger partial charge in [-0.3, -0.25) is 4.98 Å². The Balaban J connectivity index is 2.23. The smallest absolute Gasteiger partial charge is 0.128 e. The molecule has 0 fully saturated rings. The summed E-state index contributed by atoms with van der Waals surface area (Å²) in [5, 5.41) is 0. The van der Waals surface area contributed by atoms with Gasteiger partial charge in [-0.1, -0.05) is 12.1 Å². The van der Waals surface area contributed by atoms with Crippen molar-refractivity contribution in [3.8, 4) is 0 Å². The van der Waals surface area contributed by atoms with Crippen molar-refractivity contribution in [3.63, 3.8) is 0 Å². The predicted molar refractivity (Wildman–Crippen MR) is 75.5 cm³/mol. The van der Waals surface area contributed by atoms with Gasteiger partial charge in [0.2, 0.25) is 0 Å². The molecular weight excluding hydrogens is 241 g/mol. The average Bonchev–Trinajstić information content (AvgIpc) is 2.42. The largest absolute Gasteiger partial charge is 0.370 e. The summed E-state index contributed by atoms with van der Waals surface area (Å²) < 4.78 is 13.8. The van der Waals surface area contributed by atoms with Crippen LogP contribution in [0.25, 0.3) is 0 Å². The molecule has 0 saturated heterocycles. The van der Waals surface area contributed by atoms with Crippen LogP contribution in [0.4, 0.5) is 10.1 Å². The van der Waals surface area contributed by atoms with E-state index in [1.54, 1.807) is 12.3 Å². The zero-order chi connectivity index (χ0) is 13.7. The third kappa shape index (κ3) is 3.29. The number of anilines is 1. The summed E-state index contributed by atoms with van der Waals surface area (Å²) in [5.41, 5.74) is 8.21. The highest BCUT2D eigenvalue weighted by atomic mass is 19.1. The summed E-state index contributed by atoms with van der Waals surface area (Å²) in [6, 6.07) is 9.03. The Morgan fingerprint density at radius 3 is 2.79 bits per heavy atom. The van der Waals surface area contributed by atoms with E-state index >= 15 is 0 Å². The SMILES string of the molecule is CN(Cc1cccnc1)c1cccc(F)c1CCN. The number of benzene rings is 1. The van der Waals surface area contributed by atoms with E-state index in [4.69, 9.17) is 5.73 Å². The van der Waals surface area contributed by atoms with Crippen molar-refractivity contribution in [1.82, 2.24) is 4.98 Å². The maximum absolute atomic E-state index is 13.8. The Kier molecular flexibility index (Phi) is 4.47. The number of aromatic nitrogens is 1. The molecule has 1 aromatic carbocycles. The number of nitrogens with two attached hydrogens (primary N) is 1. The van der Waals surface area contributed by atoms with Crippen LogP contribution < -0.4 is 10.6 Å². The van der Waals surface area contributed by atoms with E-state index in [0.29, 0.717) is 25.1 Å². The Morgan fingerprint density at radius 2 is 2.11 bits per heavy atom. The lowest BCUT2D eigenvalue weighted by Crippen LogP contribution is -2.19. The van der Waals surface area contributed by atoms with E-state index in [0.717, 1.165) is 11.3 Å². The standard InChI is InChI=1S/C15H18FN3/c1-19(11-12-4-3-9-18-10-12)15-6-2-5-14(16)13(15)7-8-17/h2-6,9-10H,7-8,11,17H2,1H3. The Morgan fingerprint density at radius 1 is 1.26 bits per heavy atom. The van der Waals surface area contributed by atoms with Crippen LogP contribution in [-0.4, -0.2) is 18.6 Å². The summed E-state index contributed by atoms with van der Waals surface area (Å²) in [7, 11) is 1.95. The molecule has 0 aliphatic heterocycles. The van der Waals surface area contributed by atoms with E-state index in [1.165, 1.54) is 6.07 Å². The zero-order valence-corrected chi connectivity index (χ0v) is 11.0. The quantitative estimate of drug-likeness (QED) is 0.896. The molecule has 0 atom stereocenters. The molecule has 3 nitrogen and oxygen atoms in total. The van der Waals surface area contributed by atoms with Crippen molar-refractivity contribution in [2.24, 2.45) is 5.73 Å². The first-order valence-corrected chi connectivity index (χ1v) is 6.30. The maximum atomic E-state index is 13.8. The van der Waals surface area contributed by atoms with Gasteiger partial charge in [-0.05, 0) is 36.7 Å². The third-order valence-electron chi connectivity index (χ3n) is 3.04. The molecule has 2 N–H and O–H groups in total. The lowest BCUT2D eigenvalue weighted by molar-refractivity contribution is 0.608. The van der Waals surface area contributed by atoms with Crippen LogP contribution in [0, 0.1) is 5.82 Å². The van der Waals surface area contributed by atoms with Gasteiger partial charge in [0, 0.05) is 37.2 Å². The fourth-order valence-corrected chi connectivity index (χ4v) is 2.15. The number of hydrogen-bond acceptors (Lipinski definition) is 3. The second-order valence-electron chi connectivity index (χ2n) is 4.49. The molecule has 0 aliphatic carbocycles. The highest BCUT2D eigenvalue weighted by Crippen LogP contribution is 2.23. The molecule has 0 amide bonds. The Bertz CT molecular complexity index is 528. The topological polar surface area (TPSA) is 42.2 Å². The van der Waals surface area contributed by atoms with Crippen molar-refractivity contribution >= 4 is 5.69 Å². The van der Waals surface area contributed by atoms with Crippen molar-refractivity contribution in [2.75, 3.05) is 18.5 Å². The molecule has 0 unspecified atom stereocenters. The molecule has 2 rings (SSSR count). The third-order valence-corrected chi connectivity index (χ3v) is 3.04. The minimum atomic E-state index is -0.194. The zero-order valence-electron chi connectivity index (χ0n) is 11.0. The first-order chi connectivity index (χ1) is 9.22. The fourth-order valence-electron chi connectivity index (χ4n) is 2.15. The minimum absolute atomic E-state index is 0.194. The van der Waals surface area contributed by atoms with E-state index in [9.17, 15) is 4.39 Å². The maximum Gasteiger partial charge on any atom is 0.128 e. The minimum Gasteiger partial charge on any atom is -0.370 e. The van der Waals surface area contributed by atoms with Crippen molar-refractivity contribution in [2.45, 2.75) is 13.0 Å². The van der Waals surface area contributed by atoms with Crippen LogP contribution in [0.2, 0.25) is 0 Å².